The molecule has 0 aromatic heterocycles. The Morgan fingerprint density at radius 1 is 1.36 bits per heavy atom. The zero-order valence-corrected chi connectivity index (χ0v) is 8.51. The van der Waals surface area contributed by atoms with Gasteiger partial charge in [-0.1, -0.05) is 26.2 Å². The highest BCUT2D eigenvalue weighted by molar-refractivity contribution is 6.51. The van der Waals surface area contributed by atoms with Crippen LogP contribution in [0.5, 0.6) is 0 Å². The zero-order chi connectivity index (χ0) is 8.54. The number of rotatable bonds is 4. The molecular formula is C9H15Cl2. The lowest BCUT2D eigenvalue weighted by Gasteiger charge is -2.10. The molecule has 0 spiro atoms. The molecule has 0 bridgehead atoms. The first-order valence-corrected chi connectivity index (χ1v) is 5.01. The third-order valence-corrected chi connectivity index (χ3v) is 3.54. The molecule has 0 heterocycles. The Kier molecular flexibility index (Phi) is 2.76. The lowest BCUT2D eigenvalue weighted by atomic mass is 10.0. The summed E-state index contributed by atoms with van der Waals surface area (Å²) in [5.41, 5.74) is -0.0225. The highest BCUT2D eigenvalue weighted by Gasteiger charge is 2.61. The van der Waals surface area contributed by atoms with E-state index in [-0.39, 0.29) is 5.41 Å². The van der Waals surface area contributed by atoms with Crippen LogP contribution in [-0.2, 0) is 0 Å². The van der Waals surface area contributed by atoms with Gasteiger partial charge in [0.1, 0.15) is 4.33 Å². The molecule has 1 fully saturated rings. The Balaban J connectivity index is 2.18. The van der Waals surface area contributed by atoms with Crippen molar-refractivity contribution in [2.75, 3.05) is 0 Å². The Labute approximate surface area is 79.3 Å². The van der Waals surface area contributed by atoms with Crippen LogP contribution in [0.15, 0.2) is 0 Å². The van der Waals surface area contributed by atoms with Gasteiger partial charge in [0.05, 0.1) is 0 Å². The van der Waals surface area contributed by atoms with E-state index in [4.69, 9.17) is 23.2 Å². The van der Waals surface area contributed by atoms with Crippen molar-refractivity contribution < 1.29 is 0 Å². The van der Waals surface area contributed by atoms with E-state index in [0.717, 1.165) is 12.8 Å². The molecule has 65 valence electrons. The standard InChI is InChI=1S/C9H15Cl2/c1-3-4-5-6-8(2)7-9(8,10)11/h2-7H2,1H3. The molecule has 1 radical (unpaired) electrons. The van der Waals surface area contributed by atoms with Gasteiger partial charge in [-0.15, -0.1) is 23.2 Å². The number of hydrogen-bond donors (Lipinski definition) is 0. The van der Waals surface area contributed by atoms with Crippen LogP contribution in [0.2, 0.25) is 0 Å². The van der Waals surface area contributed by atoms with Crippen LogP contribution in [0.4, 0.5) is 0 Å². The van der Waals surface area contributed by atoms with Crippen LogP contribution in [0.25, 0.3) is 0 Å². The Morgan fingerprint density at radius 2 is 1.91 bits per heavy atom. The molecular weight excluding hydrogens is 179 g/mol. The highest BCUT2D eigenvalue weighted by atomic mass is 35.5. The lowest BCUT2D eigenvalue weighted by Crippen LogP contribution is -2.04. The quantitative estimate of drug-likeness (QED) is 0.469. The Morgan fingerprint density at radius 3 is 2.27 bits per heavy atom. The van der Waals surface area contributed by atoms with Crippen LogP contribution in [0.3, 0.4) is 0 Å². The molecule has 1 aliphatic carbocycles. The summed E-state index contributed by atoms with van der Waals surface area (Å²) in [5, 5.41) is 0. The van der Waals surface area contributed by atoms with Gasteiger partial charge < -0.3 is 0 Å². The first-order chi connectivity index (χ1) is 5.02. The summed E-state index contributed by atoms with van der Waals surface area (Å²) >= 11 is 11.9. The van der Waals surface area contributed by atoms with Crippen LogP contribution in [0.1, 0.15) is 39.0 Å². The predicted octanol–water partition coefficient (Wildman–Crippen LogP) is 3.96. The topological polar surface area (TPSA) is 0 Å². The molecule has 0 saturated heterocycles. The van der Waals surface area contributed by atoms with Crippen molar-refractivity contribution in [2.45, 2.75) is 43.4 Å². The monoisotopic (exact) mass is 193 g/mol. The van der Waals surface area contributed by atoms with E-state index in [0.29, 0.717) is 0 Å². The van der Waals surface area contributed by atoms with Gasteiger partial charge in [0, 0.05) is 5.41 Å². The van der Waals surface area contributed by atoms with E-state index in [1.54, 1.807) is 0 Å². The molecule has 1 saturated carbocycles. The highest BCUT2D eigenvalue weighted by Crippen LogP contribution is 2.65. The number of unbranched alkanes of at least 4 members (excludes halogenated alkanes) is 2. The summed E-state index contributed by atoms with van der Waals surface area (Å²) in [7, 11) is 0. The molecule has 1 atom stereocenters. The SMILES string of the molecule is [CH2]C1(CCCCC)CC1(Cl)Cl. The average molecular weight is 194 g/mol. The molecule has 0 aromatic rings. The van der Waals surface area contributed by atoms with Crippen molar-refractivity contribution in [3.63, 3.8) is 0 Å². The van der Waals surface area contributed by atoms with Crippen molar-refractivity contribution in [2.24, 2.45) is 5.41 Å². The van der Waals surface area contributed by atoms with Gasteiger partial charge in [-0.3, -0.25) is 0 Å². The van der Waals surface area contributed by atoms with Gasteiger partial charge in [-0.25, -0.2) is 0 Å². The molecule has 1 aliphatic rings. The summed E-state index contributed by atoms with van der Waals surface area (Å²) in [5.74, 6) is 0. The summed E-state index contributed by atoms with van der Waals surface area (Å²) in [6.45, 7) is 6.23. The van der Waals surface area contributed by atoms with E-state index in [1.165, 1.54) is 19.3 Å². The lowest BCUT2D eigenvalue weighted by molar-refractivity contribution is 0.520. The summed E-state index contributed by atoms with van der Waals surface area (Å²) < 4.78 is -0.513. The fourth-order valence-corrected chi connectivity index (χ4v) is 2.07. The minimum absolute atomic E-state index is 0.0225. The minimum Gasteiger partial charge on any atom is -0.101 e. The second-order valence-electron chi connectivity index (χ2n) is 3.62. The largest absolute Gasteiger partial charge is 0.124 e. The Bertz CT molecular complexity index is 142. The van der Waals surface area contributed by atoms with E-state index in [2.05, 4.69) is 13.8 Å². The van der Waals surface area contributed by atoms with Crippen molar-refractivity contribution in [3.8, 4) is 0 Å². The van der Waals surface area contributed by atoms with Crippen LogP contribution >= 0.6 is 23.2 Å². The van der Waals surface area contributed by atoms with Crippen molar-refractivity contribution in [3.05, 3.63) is 6.92 Å². The maximum atomic E-state index is 5.93. The molecule has 11 heavy (non-hydrogen) atoms. The molecule has 0 amide bonds. The maximum absolute atomic E-state index is 5.93. The summed E-state index contributed by atoms with van der Waals surface area (Å²) in [4.78, 5) is 0. The zero-order valence-electron chi connectivity index (χ0n) is 7.00. The minimum atomic E-state index is -0.513. The smallest absolute Gasteiger partial charge is 0.101 e. The third-order valence-electron chi connectivity index (χ3n) is 2.47. The van der Waals surface area contributed by atoms with Crippen LogP contribution < -0.4 is 0 Å². The van der Waals surface area contributed by atoms with E-state index >= 15 is 0 Å². The second kappa shape index (κ2) is 3.14. The molecule has 0 nitrogen and oxygen atoms in total. The molecule has 0 aromatic carbocycles. The summed E-state index contributed by atoms with van der Waals surface area (Å²) in [6, 6.07) is 0. The first-order valence-electron chi connectivity index (χ1n) is 4.25. The molecule has 0 N–H and O–H groups in total. The van der Waals surface area contributed by atoms with Gasteiger partial charge in [0.25, 0.3) is 0 Å². The molecule has 1 unspecified atom stereocenters. The number of halogens is 2. The van der Waals surface area contributed by atoms with E-state index in [1.807, 2.05) is 0 Å². The number of hydrogen-bond acceptors (Lipinski definition) is 0. The molecule has 0 aliphatic heterocycles. The van der Waals surface area contributed by atoms with E-state index in [9.17, 15) is 0 Å². The van der Waals surface area contributed by atoms with Crippen molar-refractivity contribution >= 4 is 23.2 Å². The Hall–Kier alpha value is 0.580. The fraction of sp³-hybridized carbons (Fsp3) is 0.889. The average Bonchev–Trinajstić information content (AvgIpc) is 2.33. The van der Waals surface area contributed by atoms with Gasteiger partial charge in [-0.2, -0.15) is 0 Å². The van der Waals surface area contributed by atoms with Crippen molar-refractivity contribution in [1.29, 1.82) is 0 Å². The van der Waals surface area contributed by atoms with Crippen LogP contribution in [0, 0.1) is 12.3 Å². The van der Waals surface area contributed by atoms with Gasteiger partial charge in [0.15, 0.2) is 0 Å². The van der Waals surface area contributed by atoms with E-state index < -0.39 is 4.33 Å². The predicted molar refractivity (Wildman–Crippen MR) is 51.0 cm³/mol. The number of alkyl halides is 2. The second-order valence-corrected chi connectivity index (χ2v) is 5.10. The first kappa shape index (κ1) is 9.67. The normalized spacial score (nSPS) is 33.8. The third kappa shape index (κ3) is 2.03. The summed E-state index contributed by atoms with van der Waals surface area (Å²) in [6.07, 6.45) is 5.66. The van der Waals surface area contributed by atoms with Gasteiger partial charge >= 0.3 is 0 Å². The van der Waals surface area contributed by atoms with Gasteiger partial charge in [-0.05, 0) is 19.8 Å². The van der Waals surface area contributed by atoms with Crippen molar-refractivity contribution in [1.82, 2.24) is 0 Å². The van der Waals surface area contributed by atoms with Gasteiger partial charge in [0.2, 0.25) is 0 Å². The maximum Gasteiger partial charge on any atom is 0.124 e. The molecule has 1 rings (SSSR count). The van der Waals surface area contributed by atoms with Crippen LogP contribution in [-0.4, -0.2) is 4.33 Å². The fourth-order valence-electron chi connectivity index (χ4n) is 1.37. The molecule has 2 heteroatoms.